The molecule has 2 aromatic carbocycles. The number of aromatic nitrogens is 1. The van der Waals surface area contributed by atoms with Crippen molar-refractivity contribution in [3.63, 3.8) is 0 Å². The lowest BCUT2D eigenvalue weighted by Crippen LogP contribution is -2.31. The van der Waals surface area contributed by atoms with Crippen molar-refractivity contribution in [2.75, 3.05) is 27.3 Å². The van der Waals surface area contributed by atoms with E-state index in [1.54, 1.807) is 25.1 Å². The average molecular weight is 350 g/mol. The third-order valence-electron chi connectivity index (χ3n) is 4.18. The van der Waals surface area contributed by atoms with Crippen molar-refractivity contribution in [2.45, 2.75) is 6.92 Å². The summed E-state index contributed by atoms with van der Waals surface area (Å²) in [5.74, 6) is 1.44. The first-order valence-corrected chi connectivity index (χ1v) is 8.46. The lowest BCUT2D eigenvalue weighted by Gasteiger charge is -2.17. The fraction of sp³-hybridized carbons (Fsp3) is 0.238. The number of pyridine rings is 1. The molecule has 0 saturated heterocycles. The lowest BCUT2D eigenvalue weighted by molar-refractivity contribution is 0.0768. The summed E-state index contributed by atoms with van der Waals surface area (Å²) in [6.45, 7) is 2.94. The Labute approximate surface area is 153 Å². The van der Waals surface area contributed by atoms with E-state index in [9.17, 15) is 4.79 Å². The number of likely N-dealkylation sites (N-methyl/N-ethyl adjacent to an activating group) is 1. The summed E-state index contributed by atoms with van der Waals surface area (Å²) in [6.07, 6.45) is 0. The third-order valence-corrected chi connectivity index (χ3v) is 4.18. The maximum absolute atomic E-state index is 12.6. The molecule has 0 aliphatic carbocycles. The van der Waals surface area contributed by atoms with Crippen LogP contribution in [-0.2, 0) is 0 Å². The van der Waals surface area contributed by atoms with E-state index in [1.165, 1.54) is 5.56 Å². The van der Waals surface area contributed by atoms with Gasteiger partial charge in [-0.15, -0.1) is 0 Å². The van der Waals surface area contributed by atoms with E-state index in [0.717, 1.165) is 22.4 Å². The number of ether oxygens (including phenoxy) is 2. The van der Waals surface area contributed by atoms with Crippen molar-refractivity contribution in [1.82, 2.24) is 9.88 Å². The minimum atomic E-state index is -0.129. The van der Waals surface area contributed by atoms with Gasteiger partial charge in [-0.25, -0.2) is 4.98 Å². The van der Waals surface area contributed by atoms with Crippen LogP contribution in [-0.4, -0.2) is 43.1 Å². The molecule has 5 nitrogen and oxygen atoms in total. The van der Waals surface area contributed by atoms with Gasteiger partial charge in [0.05, 0.1) is 19.2 Å². The lowest BCUT2D eigenvalue weighted by atomic mass is 10.2. The van der Waals surface area contributed by atoms with Crippen molar-refractivity contribution in [3.8, 4) is 11.5 Å². The van der Waals surface area contributed by atoms with Gasteiger partial charge < -0.3 is 14.4 Å². The smallest absolute Gasteiger partial charge is 0.272 e. The van der Waals surface area contributed by atoms with Crippen LogP contribution in [0, 0.1) is 6.92 Å². The highest BCUT2D eigenvalue weighted by molar-refractivity contribution is 5.94. The predicted molar refractivity (Wildman–Crippen MR) is 102 cm³/mol. The molecule has 0 aliphatic rings. The zero-order valence-electron chi connectivity index (χ0n) is 15.2. The molecule has 0 bridgehead atoms. The van der Waals surface area contributed by atoms with Crippen LogP contribution in [0.25, 0.3) is 10.9 Å². The molecule has 1 amide bonds. The summed E-state index contributed by atoms with van der Waals surface area (Å²) >= 11 is 0. The van der Waals surface area contributed by atoms with Crippen molar-refractivity contribution in [2.24, 2.45) is 0 Å². The second kappa shape index (κ2) is 7.87. The first-order chi connectivity index (χ1) is 12.6. The van der Waals surface area contributed by atoms with Gasteiger partial charge in [0.2, 0.25) is 0 Å². The number of carbonyl (C=O) groups is 1. The number of methoxy groups -OCH3 is 1. The maximum atomic E-state index is 12.6. The SMILES string of the molecule is COc1ccc2nc(C(=O)N(C)CCOc3ccc(C)cc3)ccc2c1. The fourth-order valence-corrected chi connectivity index (χ4v) is 2.58. The van der Waals surface area contributed by atoms with E-state index < -0.39 is 0 Å². The molecule has 0 saturated carbocycles. The van der Waals surface area contributed by atoms with Crippen molar-refractivity contribution < 1.29 is 14.3 Å². The van der Waals surface area contributed by atoms with Crippen LogP contribution in [0.4, 0.5) is 0 Å². The van der Waals surface area contributed by atoms with Crippen LogP contribution in [0.5, 0.6) is 11.5 Å². The molecule has 0 atom stereocenters. The Morgan fingerprint density at radius 1 is 1.04 bits per heavy atom. The van der Waals surface area contributed by atoms with Gasteiger partial charge in [-0.1, -0.05) is 23.8 Å². The average Bonchev–Trinajstić information content (AvgIpc) is 2.68. The van der Waals surface area contributed by atoms with E-state index in [0.29, 0.717) is 18.8 Å². The fourth-order valence-electron chi connectivity index (χ4n) is 2.58. The summed E-state index contributed by atoms with van der Waals surface area (Å²) in [7, 11) is 3.38. The minimum Gasteiger partial charge on any atom is -0.497 e. The summed E-state index contributed by atoms with van der Waals surface area (Å²) in [5, 5.41) is 0.936. The van der Waals surface area contributed by atoms with Gasteiger partial charge in [0.25, 0.3) is 5.91 Å². The highest BCUT2D eigenvalue weighted by Gasteiger charge is 2.14. The van der Waals surface area contributed by atoms with Gasteiger partial charge in [0, 0.05) is 12.4 Å². The predicted octanol–water partition coefficient (Wildman–Crippen LogP) is 3.70. The molecule has 3 aromatic rings. The molecule has 0 aliphatic heterocycles. The Morgan fingerprint density at radius 3 is 2.50 bits per heavy atom. The Kier molecular flexibility index (Phi) is 5.37. The largest absolute Gasteiger partial charge is 0.497 e. The number of carbonyl (C=O) groups excluding carboxylic acids is 1. The number of hydrogen-bond acceptors (Lipinski definition) is 4. The monoisotopic (exact) mass is 350 g/mol. The van der Waals surface area contributed by atoms with Gasteiger partial charge in [-0.2, -0.15) is 0 Å². The summed E-state index contributed by atoms with van der Waals surface area (Å²) in [6, 6.07) is 17.1. The van der Waals surface area contributed by atoms with Crippen molar-refractivity contribution in [1.29, 1.82) is 0 Å². The molecule has 0 unspecified atom stereocenters. The van der Waals surface area contributed by atoms with Crippen LogP contribution in [0.3, 0.4) is 0 Å². The van der Waals surface area contributed by atoms with E-state index in [2.05, 4.69) is 4.98 Å². The van der Waals surface area contributed by atoms with Gasteiger partial charge in [-0.05, 0) is 43.3 Å². The Balaban J connectivity index is 1.62. The van der Waals surface area contributed by atoms with Crippen LogP contribution >= 0.6 is 0 Å². The molecule has 0 radical (unpaired) electrons. The van der Waals surface area contributed by atoms with Crippen LogP contribution in [0.2, 0.25) is 0 Å². The van der Waals surface area contributed by atoms with Crippen LogP contribution in [0.15, 0.2) is 54.6 Å². The molecule has 3 rings (SSSR count). The number of benzene rings is 2. The summed E-state index contributed by atoms with van der Waals surface area (Å²) in [5.41, 5.74) is 2.37. The Morgan fingerprint density at radius 2 is 1.77 bits per heavy atom. The molecule has 0 fully saturated rings. The Hall–Kier alpha value is -3.08. The molecule has 1 aromatic heterocycles. The second-order valence-electron chi connectivity index (χ2n) is 6.14. The van der Waals surface area contributed by atoms with Crippen LogP contribution < -0.4 is 9.47 Å². The van der Waals surface area contributed by atoms with Gasteiger partial charge in [0.1, 0.15) is 23.8 Å². The Bertz CT molecular complexity index is 907. The highest BCUT2D eigenvalue weighted by Crippen LogP contribution is 2.20. The zero-order valence-corrected chi connectivity index (χ0v) is 15.2. The van der Waals surface area contributed by atoms with E-state index in [4.69, 9.17) is 9.47 Å². The normalized spacial score (nSPS) is 10.6. The molecule has 1 heterocycles. The second-order valence-corrected chi connectivity index (χ2v) is 6.14. The minimum absolute atomic E-state index is 0.129. The van der Waals surface area contributed by atoms with Crippen molar-refractivity contribution in [3.05, 3.63) is 65.9 Å². The molecule has 5 heteroatoms. The molecule has 0 N–H and O–H groups in total. The first-order valence-electron chi connectivity index (χ1n) is 8.46. The molecule has 26 heavy (non-hydrogen) atoms. The number of hydrogen-bond donors (Lipinski definition) is 0. The molecule has 134 valence electrons. The summed E-state index contributed by atoms with van der Waals surface area (Å²) in [4.78, 5) is 18.7. The highest BCUT2D eigenvalue weighted by atomic mass is 16.5. The van der Waals surface area contributed by atoms with Crippen molar-refractivity contribution >= 4 is 16.8 Å². The number of nitrogens with zero attached hydrogens (tertiary/aromatic N) is 2. The standard InChI is InChI=1S/C21H22N2O3/c1-15-4-7-17(8-5-15)26-13-12-23(2)21(24)20-10-6-16-14-18(25-3)9-11-19(16)22-20/h4-11,14H,12-13H2,1-3H3. The number of fused-ring (bicyclic) bond motifs is 1. The van der Waals surface area contributed by atoms with Gasteiger partial charge in [-0.3, -0.25) is 4.79 Å². The number of amides is 1. The van der Waals surface area contributed by atoms with Gasteiger partial charge >= 0.3 is 0 Å². The van der Waals surface area contributed by atoms with Gasteiger partial charge in [0.15, 0.2) is 0 Å². The van der Waals surface area contributed by atoms with E-state index in [-0.39, 0.29) is 5.91 Å². The van der Waals surface area contributed by atoms with E-state index in [1.807, 2.05) is 55.5 Å². The number of rotatable bonds is 6. The maximum Gasteiger partial charge on any atom is 0.272 e. The topological polar surface area (TPSA) is 51.7 Å². The quantitative estimate of drug-likeness (QED) is 0.680. The zero-order chi connectivity index (χ0) is 18.5. The first kappa shape index (κ1) is 17.7. The molecule has 0 spiro atoms. The summed E-state index contributed by atoms with van der Waals surface area (Å²) < 4.78 is 10.9. The van der Waals surface area contributed by atoms with E-state index >= 15 is 0 Å². The number of aryl methyl sites for hydroxylation is 1. The third kappa shape index (κ3) is 4.11. The molecular formula is C21H22N2O3. The van der Waals surface area contributed by atoms with Crippen LogP contribution in [0.1, 0.15) is 16.1 Å². The molecular weight excluding hydrogens is 328 g/mol.